The number of likely N-dealkylation sites (N-methyl/N-ethyl adjacent to an activating group) is 1. The summed E-state index contributed by atoms with van der Waals surface area (Å²) in [6.07, 6.45) is 0. The van der Waals surface area contributed by atoms with Crippen LogP contribution >= 0.6 is 0 Å². The van der Waals surface area contributed by atoms with Gasteiger partial charge in [0.1, 0.15) is 0 Å². The van der Waals surface area contributed by atoms with Crippen LogP contribution in [0.1, 0.15) is 42.5 Å². The summed E-state index contributed by atoms with van der Waals surface area (Å²) in [6, 6.07) is 5.80. The van der Waals surface area contributed by atoms with Crippen LogP contribution < -0.4 is 5.32 Å². The Morgan fingerprint density at radius 1 is 1.13 bits per heavy atom. The number of hydrogen-bond donors (Lipinski definition) is 1. The Morgan fingerprint density at radius 3 is 2.35 bits per heavy atom. The second-order valence-corrected chi connectivity index (χ2v) is 5.88. The summed E-state index contributed by atoms with van der Waals surface area (Å²) < 4.78 is 0. The molecule has 0 spiro atoms. The molecule has 1 aromatic heterocycles. The molecule has 23 heavy (non-hydrogen) atoms. The maximum Gasteiger partial charge on any atom is 0.251 e. The molecule has 1 heterocycles. The average Bonchev–Trinajstić information content (AvgIpc) is 2.54. The van der Waals surface area contributed by atoms with Gasteiger partial charge in [0.25, 0.3) is 5.91 Å². The number of rotatable bonds is 6. The van der Waals surface area contributed by atoms with E-state index in [1.165, 1.54) is 0 Å². The normalized spacial score (nSPS) is 12.6. The van der Waals surface area contributed by atoms with Crippen molar-refractivity contribution < 1.29 is 4.79 Å². The van der Waals surface area contributed by atoms with E-state index >= 15 is 0 Å². The van der Waals surface area contributed by atoms with Gasteiger partial charge in [0.15, 0.2) is 0 Å². The van der Waals surface area contributed by atoms with Crippen LogP contribution in [0.15, 0.2) is 18.2 Å². The molecule has 0 radical (unpaired) electrons. The van der Waals surface area contributed by atoms with Crippen LogP contribution in [0.3, 0.4) is 0 Å². The van der Waals surface area contributed by atoms with E-state index in [4.69, 9.17) is 0 Å². The summed E-state index contributed by atoms with van der Waals surface area (Å²) in [6.45, 7) is 12.9. The summed E-state index contributed by atoms with van der Waals surface area (Å²) in [5, 5.41) is 3.01. The monoisotopic (exact) mass is 314 g/mol. The third kappa shape index (κ3) is 4.05. The van der Waals surface area contributed by atoms with E-state index in [0.29, 0.717) is 18.2 Å². The fraction of sp³-hybridized carbons (Fsp3) is 0.500. The molecular weight excluding hydrogens is 288 g/mol. The van der Waals surface area contributed by atoms with Crippen LogP contribution in [0.2, 0.25) is 0 Å². The van der Waals surface area contributed by atoms with Gasteiger partial charge in [-0.3, -0.25) is 9.69 Å². The van der Waals surface area contributed by atoms with Gasteiger partial charge in [0.2, 0.25) is 0 Å². The molecule has 1 aromatic carbocycles. The van der Waals surface area contributed by atoms with Crippen LogP contribution in [0.4, 0.5) is 0 Å². The standard InChI is InChI=1S/C18H26N4O/c1-6-22(7-2)12(3)11-19-18(23)15-8-9-16-17(10-15)21-14(5)13(4)20-16/h8-10,12H,6-7,11H2,1-5H3,(H,19,23). The number of hydrogen-bond acceptors (Lipinski definition) is 4. The first-order valence-electron chi connectivity index (χ1n) is 8.23. The number of benzene rings is 1. The Kier molecular flexibility index (Phi) is 5.66. The minimum absolute atomic E-state index is 0.0639. The fourth-order valence-electron chi connectivity index (χ4n) is 2.69. The predicted molar refractivity (Wildman–Crippen MR) is 93.7 cm³/mol. The van der Waals surface area contributed by atoms with Gasteiger partial charge in [0, 0.05) is 18.2 Å². The quantitative estimate of drug-likeness (QED) is 0.890. The highest BCUT2D eigenvalue weighted by atomic mass is 16.1. The van der Waals surface area contributed by atoms with Gasteiger partial charge in [-0.1, -0.05) is 13.8 Å². The first kappa shape index (κ1) is 17.3. The molecule has 2 aromatic rings. The smallest absolute Gasteiger partial charge is 0.251 e. The van der Waals surface area contributed by atoms with Crippen LogP contribution in [-0.2, 0) is 0 Å². The molecule has 5 nitrogen and oxygen atoms in total. The summed E-state index contributed by atoms with van der Waals surface area (Å²) in [5.74, 6) is -0.0639. The highest BCUT2D eigenvalue weighted by molar-refractivity contribution is 5.97. The van der Waals surface area contributed by atoms with E-state index in [1.54, 1.807) is 0 Å². The molecule has 1 atom stereocenters. The highest BCUT2D eigenvalue weighted by Gasteiger charge is 2.13. The Balaban J connectivity index is 2.10. The molecule has 1 amide bonds. The van der Waals surface area contributed by atoms with Crippen molar-refractivity contribution in [2.45, 2.75) is 40.7 Å². The number of carbonyl (C=O) groups is 1. The molecule has 0 aliphatic rings. The van der Waals surface area contributed by atoms with Crippen molar-refractivity contribution >= 4 is 16.9 Å². The van der Waals surface area contributed by atoms with Gasteiger partial charge in [-0.05, 0) is 52.1 Å². The Bertz CT molecular complexity index is 695. The largest absolute Gasteiger partial charge is 0.350 e. The zero-order chi connectivity index (χ0) is 17.0. The second-order valence-electron chi connectivity index (χ2n) is 5.88. The first-order chi connectivity index (χ1) is 11.0. The van der Waals surface area contributed by atoms with Gasteiger partial charge >= 0.3 is 0 Å². The first-order valence-corrected chi connectivity index (χ1v) is 8.23. The van der Waals surface area contributed by atoms with E-state index in [9.17, 15) is 4.79 Å². The summed E-state index contributed by atoms with van der Waals surface area (Å²) in [4.78, 5) is 23.7. The lowest BCUT2D eigenvalue weighted by Gasteiger charge is -2.26. The van der Waals surface area contributed by atoms with Crippen LogP contribution in [-0.4, -0.2) is 46.5 Å². The molecule has 0 saturated carbocycles. The van der Waals surface area contributed by atoms with Crippen LogP contribution in [0, 0.1) is 13.8 Å². The number of fused-ring (bicyclic) bond motifs is 1. The van der Waals surface area contributed by atoms with Gasteiger partial charge in [-0.25, -0.2) is 9.97 Å². The van der Waals surface area contributed by atoms with E-state index in [0.717, 1.165) is 35.5 Å². The lowest BCUT2D eigenvalue weighted by molar-refractivity contribution is 0.0938. The van der Waals surface area contributed by atoms with Crippen molar-refractivity contribution in [2.75, 3.05) is 19.6 Å². The summed E-state index contributed by atoms with van der Waals surface area (Å²) in [5.41, 5.74) is 4.02. The van der Waals surface area contributed by atoms with Crippen molar-refractivity contribution in [3.8, 4) is 0 Å². The number of amides is 1. The van der Waals surface area contributed by atoms with Crippen LogP contribution in [0.5, 0.6) is 0 Å². The molecule has 0 aliphatic heterocycles. The lowest BCUT2D eigenvalue weighted by Crippen LogP contribution is -2.42. The number of nitrogens with one attached hydrogen (secondary N) is 1. The highest BCUT2D eigenvalue weighted by Crippen LogP contribution is 2.14. The SMILES string of the molecule is CCN(CC)C(C)CNC(=O)c1ccc2nc(C)c(C)nc2c1. The minimum Gasteiger partial charge on any atom is -0.350 e. The maximum absolute atomic E-state index is 12.4. The number of aryl methyl sites for hydroxylation is 2. The topological polar surface area (TPSA) is 58.1 Å². The van der Waals surface area contributed by atoms with Crippen molar-refractivity contribution in [1.82, 2.24) is 20.2 Å². The summed E-state index contributed by atoms with van der Waals surface area (Å²) in [7, 11) is 0. The average molecular weight is 314 g/mol. The molecule has 1 N–H and O–H groups in total. The van der Waals surface area contributed by atoms with Crippen molar-refractivity contribution in [3.63, 3.8) is 0 Å². The van der Waals surface area contributed by atoms with Crippen molar-refractivity contribution in [1.29, 1.82) is 0 Å². The second kappa shape index (κ2) is 7.51. The van der Waals surface area contributed by atoms with E-state index in [2.05, 4.69) is 41.0 Å². The molecule has 0 bridgehead atoms. The van der Waals surface area contributed by atoms with Gasteiger partial charge < -0.3 is 5.32 Å². The van der Waals surface area contributed by atoms with E-state index < -0.39 is 0 Å². The number of nitrogens with zero attached hydrogens (tertiary/aromatic N) is 3. The lowest BCUT2D eigenvalue weighted by atomic mass is 10.1. The van der Waals surface area contributed by atoms with Gasteiger partial charge in [-0.15, -0.1) is 0 Å². The summed E-state index contributed by atoms with van der Waals surface area (Å²) >= 11 is 0. The maximum atomic E-state index is 12.4. The Labute approximate surface area is 138 Å². The predicted octanol–water partition coefficient (Wildman–Crippen LogP) is 2.71. The molecule has 5 heteroatoms. The van der Waals surface area contributed by atoms with Gasteiger partial charge in [-0.2, -0.15) is 0 Å². The van der Waals surface area contributed by atoms with Crippen molar-refractivity contribution in [3.05, 3.63) is 35.2 Å². The third-order valence-corrected chi connectivity index (χ3v) is 4.33. The van der Waals surface area contributed by atoms with E-state index in [-0.39, 0.29) is 5.91 Å². The minimum atomic E-state index is -0.0639. The number of carbonyl (C=O) groups excluding carboxylic acids is 1. The van der Waals surface area contributed by atoms with E-state index in [1.807, 2.05) is 32.0 Å². The Hall–Kier alpha value is -2.01. The Morgan fingerprint density at radius 2 is 1.74 bits per heavy atom. The molecule has 0 saturated heterocycles. The molecular formula is C18H26N4O. The zero-order valence-corrected chi connectivity index (χ0v) is 14.7. The molecule has 0 aliphatic carbocycles. The fourth-order valence-corrected chi connectivity index (χ4v) is 2.69. The van der Waals surface area contributed by atoms with Crippen molar-refractivity contribution in [2.24, 2.45) is 0 Å². The molecule has 124 valence electrons. The molecule has 2 rings (SSSR count). The van der Waals surface area contributed by atoms with Crippen LogP contribution in [0.25, 0.3) is 11.0 Å². The molecule has 1 unspecified atom stereocenters. The number of aromatic nitrogens is 2. The molecule has 0 fully saturated rings. The van der Waals surface area contributed by atoms with Gasteiger partial charge in [0.05, 0.1) is 22.4 Å². The third-order valence-electron chi connectivity index (χ3n) is 4.33. The zero-order valence-electron chi connectivity index (χ0n) is 14.7.